The second kappa shape index (κ2) is 9.31. The van der Waals surface area contributed by atoms with E-state index in [4.69, 9.17) is 4.74 Å². The summed E-state index contributed by atoms with van der Waals surface area (Å²) >= 11 is 0. The van der Waals surface area contributed by atoms with Crippen LogP contribution in [0.2, 0.25) is 0 Å². The number of hydrogen-bond acceptors (Lipinski definition) is 2. The van der Waals surface area contributed by atoms with Crippen LogP contribution in [-0.4, -0.2) is 18.8 Å². The van der Waals surface area contributed by atoms with Crippen molar-refractivity contribution in [3.63, 3.8) is 0 Å². The Kier molecular flexibility index (Phi) is 8.98. The van der Waals surface area contributed by atoms with Gasteiger partial charge in [-0.25, -0.2) is 0 Å². The summed E-state index contributed by atoms with van der Waals surface area (Å²) in [6.07, 6.45) is -0.611. The number of rotatable bonds is 10. The molecule has 0 aliphatic rings. The molecule has 0 rings (SSSR count). The van der Waals surface area contributed by atoms with Crippen molar-refractivity contribution in [3.05, 3.63) is 0 Å². The highest BCUT2D eigenvalue weighted by Gasteiger charge is 2.27. The summed E-state index contributed by atoms with van der Waals surface area (Å²) in [6.45, 7) is 8.07. The Labute approximate surface area is 126 Å². The van der Waals surface area contributed by atoms with Crippen LogP contribution in [0.25, 0.3) is 0 Å². The van der Waals surface area contributed by atoms with Crippen molar-refractivity contribution in [1.29, 1.82) is 0 Å². The maximum Gasteiger partial charge on any atom is 0.389 e. The zero-order valence-electron chi connectivity index (χ0n) is 13.7. The Morgan fingerprint density at radius 1 is 1.10 bits per heavy atom. The van der Waals surface area contributed by atoms with Crippen LogP contribution in [-0.2, 0) is 9.53 Å². The van der Waals surface area contributed by atoms with Gasteiger partial charge in [0.1, 0.15) is 0 Å². The van der Waals surface area contributed by atoms with Crippen molar-refractivity contribution in [2.24, 2.45) is 11.3 Å². The van der Waals surface area contributed by atoms with Gasteiger partial charge in [-0.2, -0.15) is 13.2 Å². The Hall–Kier alpha value is -0.740. The summed E-state index contributed by atoms with van der Waals surface area (Å²) in [7, 11) is 0. The van der Waals surface area contributed by atoms with Crippen molar-refractivity contribution in [2.45, 2.75) is 78.8 Å². The van der Waals surface area contributed by atoms with E-state index in [1.165, 1.54) is 0 Å². The average Bonchev–Trinajstić information content (AvgIpc) is 2.38. The summed E-state index contributed by atoms with van der Waals surface area (Å²) in [4.78, 5) is 11.8. The fraction of sp³-hybridized carbons (Fsp3) is 0.938. The van der Waals surface area contributed by atoms with Gasteiger partial charge >= 0.3 is 12.1 Å². The molecule has 21 heavy (non-hydrogen) atoms. The SMILES string of the molecule is CCC(C)(C)C(=O)OCC(C)CCCCCCC(F)(F)F. The summed E-state index contributed by atoms with van der Waals surface area (Å²) < 4.78 is 41.1. The predicted octanol–water partition coefficient (Wildman–Crippen LogP) is 5.50. The van der Waals surface area contributed by atoms with Gasteiger partial charge in [-0.3, -0.25) is 4.79 Å². The average molecular weight is 310 g/mol. The first-order valence-electron chi connectivity index (χ1n) is 7.82. The van der Waals surface area contributed by atoms with E-state index in [1.54, 1.807) is 0 Å². The molecule has 0 radical (unpaired) electrons. The first-order valence-corrected chi connectivity index (χ1v) is 7.82. The summed E-state index contributed by atoms with van der Waals surface area (Å²) in [5.41, 5.74) is -0.447. The molecular weight excluding hydrogens is 281 g/mol. The molecule has 0 saturated carbocycles. The van der Waals surface area contributed by atoms with Crippen molar-refractivity contribution in [1.82, 2.24) is 0 Å². The van der Waals surface area contributed by atoms with Crippen molar-refractivity contribution in [2.75, 3.05) is 6.61 Å². The Bertz CT molecular complexity index is 298. The van der Waals surface area contributed by atoms with Crippen LogP contribution in [0.3, 0.4) is 0 Å². The molecule has 0 aliphatic heterocycles. The van der Waals surface area contributed by atoms with Crippen LogP contribution in [0, 0.1) is 11.3 Å². The van der Waals surface area contributed by atoms with Gasteiger partial charge in [0.05, 0.1) is 12.0 Å². The summed E-state index contributed by atoms with van der Waals surface area (Å²) in [5.74, 6) is 0.0752. The van der Waals surface area contributed by atoms with E-state index in [1.807, 2.05) is 27.7 Å². The number of hydrogen-bond donors (Lipinski definition) is 0. The van der Waals surface area contributed by atoms with E-state index in [2.05, 4.69) is 0 Å². The van der Waals surface area contributed by atoms with Crippen LogP contribution in [0.1, 0.15) is 72.6 Å². The van der Waals surface area contributed by atoms with Crippen molar-refractivity contribution < 1.29 is 22.7 Å². The van der Waals surface area contributed by atoms with Crippen LogP contribution >= 0.6 is 0 Å². The predicted molar refractivity (Wildman–Crippen MR) is 78.0 cm³/mol. The molecule has 0 amide bonds. The molecule has 5 heteroatoms. The fourth-order valence-corrected chi connectivity index (χ4v) is 1.81. The Balaban J connectivity index is 3.64. The third kappa shape index (κ3) is 10.6. The smallest absolute Gasteiger partial charge is 0.389 e. The van der Waals surface area contributed by atoms with Crippen LogP contribution in [0.5, 0.6) is 0 Å². The van der Waals surface area contributed by atoms with Crippen LogP contribution < -0.4 is 0 Å². The number of ether oxygens (including phenoxy) is 1. The molecule has 0 N–H and O–H groups in total. The lowest BCUT2D eigenvalue weighted by molar-refractivity contribution is -0.155. The van der Waals surface area contributed by atoms with E-state index in [0.29, 0.717) is 13.0 Å². The van der Waals surface area contributed by atoms with E-state index >= 15 is 0 Å². The lowest BCUT2D eigenvalue weighted by Crippen LogP contribution is -2.27. The van der Waals surface area contributed by atoms with Crippen molar-refractivity contribution >= 4 is 5.97 Å². The fourth-order valence-electron chi connectivity index (χ4n) is 1.81. The van der Waals surface area contributed by atoms with Crippen LogP contribution in [0.15, 0.2) is 0 Å². The highest BCUT2D eigenvalue weighted by molar-refractivity contribution is 5.75. The van der Waals surface area contributed by atoms with Gasteiger partial charge in [-0.05, 0) is 39.0 Å². The minimum Gasteiger partial charge on any atom is -0.465 e. The summed E-state index contributed by atoms with van der Waals surface area (Å²) in [6, 6.07) is 0. The van der Waals surface area contributed by atoms with E-state index in [0.717, 1.165) is 25.7 Å². The maximum atomic E-state index is 11.9. The Morgan fingerprint density at radius 3 is 2.19 bits per heavy atom. The van der Waals surface area contributed by atoms with Gasteiger partial charge in [0.2, 0.25) is 0 Å². The Morgan fingerprint density at radius 2 is 1.67 bits per heavy atom. The minimum atomic E-state index is -4.03. The third-order valence-electron chi connectivity index (χ3n) is 3.84. The topological polar surface area (TPSA) is 26.3 Å². The lowest BCUT2D eigenvalue weighted by Gasteiger charge is -2.21. The molecule has 0 aromatic rings. The molecule has 0 fully saturated rings. The number of halogens is 3. The van der Waals surface area contributed by atoms with Gasteiger partial charge in [0.15, 0.2) is 0 Å². The number of carbonyl (C=O) groups excluding carboxylic acids is 1. The molecule has 0 bridgehead atoms. The van der Waals surface area contributed by atoms with E-state index in [-0.39, 0.29) is 18.3 Å². The van der Waals surface area contributed by atoms with Gasteiger partial charge in [0.25, 0.3) is 0 Å². The first-order chi connectivity index (χ1) is 9.58. The molecule has 126 valence electrons. The molecule has 1 unspecified atom stereocenters. The van der Waals surface area contributed by atoms with E-state index < -0.39 is 18.0 Å². The largest absolute Gasteiger partial charge is 0.465 e. The lowest BCUT2D eigenvalue weighted by atomic mass is 9.90. The highest BCUT2D eigenvalue weighted by Crippen LogP contribution is 2.24. The molecule has 0 spiro atoms. The van der Waals surface area contributed by atoms with Crippen LogP contribution in [0.4, 0.5) is 13.2 Å². The van der Waals surface area contributed by atoms with E-state index in [9.17, 15) is 18.0 Å². The quantitative estimate of drug-likeness (QED) is 0.393. The maximum absolute atomic E-state index is 11.9. The number of carbonyl (C=O) groups is 1. The first kappa shape index (κ1) is 20.3. The van der Waals surface area contributed by atoms with Gasteiger partial charge in [0, 0.05) is 6.42 Å². The molecule has 0 aromatic heterocycles. The van der Waals surface area contributed by atoms with Crippen molar-refractivity contribution in [3.8, 4) is 0 Å². The number of esters is 1. The standard InChI is InChI=1S/C16H29F3O2/c1-5-15(3,4)14(20)21-12-13(2)10-8-6-7-9-11-16(17,18)19/h13H,5-12H2,1-4H3. The second-order valence-electron chi connectivity index (χ2n) is 6.51. The number of alkyl halides is 3. The third-order valence-corrected chi connectivity index (χ3v) is 3.84. The van der Waals surface area contributed by atoms with Gasteiger partial charge in [-0.1, -0.05) is 33.1 Å². The molecule has 1 atom stereocenters. The zero-order valence-corrected chi connectivity index (χ0v) is 13.7. The normalized spacial score (nSPS) is 14.0. The molecular formula is C16H29F3O2. The molecule has 0 aliphatic carbocycles. The molecule has 2 nitrogen and oxygen atoms in total. The molecule has 0 saturated heterocycles. The summed E-state index contributed by atoms with van der Waals surface area (Å²) in [5, 5.41) is 0. The van der Waals surface area contributed by atoms with Gasteiger partial charge < -0.3 is 4.74 Å². The monoisotopic (exact) mass is 310 g/mol. The second-order valence-corrected chi connectivity index (χ2v) is 6.51. The zero-order chi connectivity index (χ0) is 16.5. The highest BCUT2D eigenvalue weighted by atomic mass is 19.4. The van der Waals surface area contributed by atoms with Gasteiger partial charge in [-0.15, -0.1) is 0 Å². The molecule has 0 aromatic carbocycles. The minimum absolute atomic E-state index is 0.179. The molecule has 0 heterocycles. The number of unbranched alkanes of at least 4 members (excludes halogenated alkanes) is 3.